The molecule has 0 saturated carbocycles. The largest absolute Gasteiger partial charge is 0.334 e. The molecule has 0 atom stereocenters. The van der Waals surface area contributed by atoms with Crippen LogP contribution < -0.4 is 5.32 Å². The summed E-state index contributed by atoms with van der Waals surface area (Å²) in [6, 6.07) is 0.0516. The maximum absolute atomic E-state index is 11.9. The zero-order valence-corrected chi connectivity index (χ0v) is 10.4. The highest BCUT2D eigenvalue weighted by molar-refractivity contribution is 5.74. The van der Waals surface area contributed by atoms with E-state index in [1.165, 1.54) is 12.8 Å². The molecule has 0 unspecified atom stereocenters. The van der Waals surface area contributed by atoms with E-state index in [9.17, 15) is 4.79 Å². The van der Waals surface area contributed by atoms with Crippen molar-refractivity contribution < 1.29 is 4.79 Å². The molecule has 1 aromatic rings. The Balaban J connectivity index is 1.79. The van der Waals surface area contributed by atoms with Crippen molar-refractivity contribution in [2.24, 2.45) is 7.05 Å². The standard InChI is InChI=1S/C12H20N4O/c1-15-10-11(9-14-15)8-13-12(17)16-6-4-2-3-5-7-16/h9-10H,2-8H2,1H3,(H,13,17). The molecule has 2 heterocycles. The third kappa shape index (κ3) is 3.47. The van der Waals surface area contributed by atoms with Crippen LogP contribution in [0.2, 0.25) is 0 Å². The highest BCUT2D eigenvalue weighted by Gasteiger charge is 2.14. The number of aromatic nitrogens is 2. The third-order valence-electron chi connectivity index (χ3n) is 3.10. The number of likely N-dealkylation sites (tertiary alicyclic amines) is 1. The van der Waals surface area contributed by atoms with Crippen molar-refractivity contribution in [1.29, 1.82) is 0 Å². The summed E-state index contributed by atoms with van der Waals surface area (Å²) in [5.74, 6) is 0. The molecule has 1 saturated heterocycles. The Kier molecular flexibility index (Phi) is 4.01. The summed E-state index contributed by atoms with van der Waals surface area (Å²) in [6.07, 6.45) is 8.44. The van der Waals surface area contributed by atoms with Crippen molar-refractivity contribution in [2.75, 3.05) is 13.1 Å². The molecule has 94 valence electrons. The van der Waals surface area contributed by atoms with E-state index in [1.54, 1.807) is 10.9 Å². The minimum Gasteiger partial charge on any atom is -0.334 e. The number of carbonyl (C=O) groups excluding carboxylic acids is 1. The summed E-state index contributed by atoms with van der Waals surface area (Å²) in [5, 5.41) is 7.02. The van der Waals surface area contributed by atoms with Crippen molar-refractivity contribution in [2.45, 2.75) is 32.2 Å². The van der Waals surface area contributed by atoms with Gasteiger partial charge in [-0.05, 0) is 12.8 Å². The van der Waals surface area contributed by atoms with Crippen molar-refractivity contribution in [3.8, 4) is 0 Å². The highest BCUT2D eigenvalue weighted by Crippen LogP contribution is 2.09. The van der Waals surface area contributed by atoms with Crippen LogP contribution in [0.15, 0.2) is 12.4 Å². The van der Waals surface area contributed by atoms with E-state index in [0.717, 1.165) is 31.5 Å². The van der Waals surface area contributed by atoms with Gasteiger partial charge >= 0.3 is 6.03 Å². The molecule has 0 aliphatic carbocycles. The Morgan fingerprint density at radius 1 is 1.35 bits per heavy atom. The van der Waals surface area contributed by atoms with E-state index >= 15 is 0 Å². The lowest BCUT2D eigenvalue weighted by Gasteiger charge is -2.20. The average Bonchev–Trinajstić information content (AvgIpc) is 2.58. The second-order valence-electron chi connectivity index (χ2n) is 4.58. The van der Waals surface area contributed by atoms with E-state index in [1.807, 2.05) is 18.1 Å². The van der Waals surface area contributed by atoms with Crippen LogP contribution in [0, 0.1) is 0 Å². The lowest BCUT2D eigenvalue weighted by Crippen LogP contribution is -2.40. The first-order valence-corrected chi connectivity index (χ1v) is 6.26. The van der Waals surface area contributed by atoms with Crippen LogP contribution in [0.5, 0.6) is 0 Å². The van der Waals surface area contributed by atoms with Crippen molar-refractivity contribution >= 4 is 6.03 Å². The minimum atomic E-state index is 0.0516. The first kappa shape index (κ1) is 12.0. The van der Waals surface area contributed by atoms with Crippen molar-refractivity contribution in [3.05, 3.63) is 18.0 Å². The Morgan fingerprint density at radius 3 is 2.65 bits per heavy atom. The molecule has 17 heavy (non-hydrogen) atoms. The van der Waals surface area contributed by atoms with Gasteiger partial charge in [0, 0.05) is 38.4 Å². The molecule has 1 aliphatic rings. The second-order valence-corrected chi connectivity index (χ2v) is 4.58. The molecule has 5 heteroatoms. The molecule has 1 fully saturated rings. The molecule has 1 aliphatic heterocycles. The average molecular weight is 236 g/mol. The predicted molar refractivity (Wildman–Crippen MR) is 65.5 cm³/mol. The van der Waals surface area contributed by atoms with Crippen LogP contribution in [0.4, 0.5) is 4.79 Å². The molecule has 0 bridgehead atoms. The van der Waals surface area contributed by atoms with Gasteiger partial charge in [0.05, 0.1) is 6.20 Å². The fourth-order valence-corrected chi connectivity index (χ4v) is 2.13. The van der Waals surface area contributed by atoms with Gasteiger partial charge in [-0.25, -0.2) is 4.79 Å². The molecule has 0 spiro atoms. The van der Waals surface area contributed by atoms with Crippen LogP contribution in [0.1, 0.15) is 31.2 Å². The van der Waals surface area contributed by atoms with E-state index in [2.05, 4.69) is 10.4 Å². The molecule has 2 rings (SSSR count). The lowest BCUT2D eigenvalue weighted by molar-refractivity contribution is 0.199. The van der Waals surface area contributed by atoms with Gasteiger partial charge < -0.3 is 10.2 Å². The van der Waals surface area contributed by atoms with Gasteiger partial charge in [-0.3, -0.25) is 4.68 Å². The normalized spacial score (nSPS) is 16.6. The number of hydrogen-bond donors (Lipinski definition) is 1. The summed E-state index contributed by atoms with van der Waals surface area (Å²) in [5.41, 5.74) is 1.04. The highest BCUT2D eigenvalue weighted by atomic mass is 16.2. The molecular formula is C12H20N4O. The molecule has 0 aromatic carbocycles. The fraction of sp³-hybridized carbons (Fsp3) is 0.667. The first-order chi connectivity index (χ1) is 8.25. The Hall–Kier alpha value is -1.52. The summed E-state index contributed by atoms with van der Waals surface area (Å²) < 4.78 is 1.74. The van der Waals surface area contributed by atoms with Crippen LogP contribution in [0.25, 0.3) is 0 Å². The van der Waals surface area contributed by atoms with Crippen molar-refractivity contribution in [3.63, 3.8) is 0 Å². The fourth-order valence-electron chi connectivity index (χ4n) is 2.13. The van der Waals surface area contributed by atoms with Gasteiger partial charge in [-0.2, -0.15) is 5.10 Å². The van der Waals surface area contributed by atoms with E-state index in [-0.39, 0.29) is 6.03 Å². The number of amides is 2. The number of nitrogens with zero attached hydrogens (tertiary/aromatic N) is 3. The van der Waals surface area contributed by atoms with Gasteiger partial charge in [0.2, 0.25) is 0 Å². The number of rotatable bonds is 2. The number of aryl methyl sites for hydroxylation is 1. The van der Waals surface area contributed by atoms with E-state index in [0.29, 0.717) is 6.54 Å². The van der Waals surface area contributed by atoms with Gasteiger partial charge in [0.25, 0.3) is 0 Å². The maximum Gasteiger partial charge on any atom is 0.317 e. The topological polar surface area (TPSA) is 50.2 Å². The van der Waals surface area contributed by atoms with Gasteiger partial charge in [0.15, 0.2) is 0 Å². The van der Waals surface area contributed by atoms with E-state index < -0.39 is 0 Å². The second kappa shape index (κ2) is 5.70. The molecule has 1 N–H and O–H groups in total. The monoisotopic (exact) mass is 236 g/mol. The number of urea groups is 1. The van der Waals surface area contributed by atoms with E-state index in [4.69, 9.17) is 0 Å². The SMILES string of the molecule is Cn1cc(CNC(=O)N2CCCCCC2)cn1. The minimum absolute atomic E-state index is 0.0516. The van der Waals surface area contributed by atoms with Crippen molar-refractivity contribution in [1.82, 2.24) is 20.0 Å². The van der Waals surface area contributed by atoms with Gasteiger partial charge in [-0.1, -0.05) is 12.8 Å². The third-order valence-corrected chi connectivity index (χ3v) is 3.10. The Morgan fingerprint density at radius 2 is 2.06 bits per heavy atom. The Bertz CT molecular complexity index is 366. The zero-order chi connectivity index (χ0) is 12.1. The number of carbonyl (C=O) groups is 1. The number of hydrogen-bond acceptors (Lipinski definition) is 2. The summed E-state index contributed by atoms with van der Waals surface area (Å²) in [7, 11) is 1.88. The van der Waals surface area contributed by atoms with Crippen LogP contribution in [-0.2, 0) is 13.6 Å². The van der Waals surface area contributed by atoms with Crippen LogP contribution in [-0.4, -0.2) is 33.8 Å². The molecule has 5 nitrogen and oxygen atoms in total. The van der Waals surface area contributed by atoms with Gasteiger partial charge in [0.1, 0.15) is 0 Å². The summed E-state index contributed by atoms with van der Waals surface area (Å²) in [6.45, 7) is 2.33. The first-order valence-electron chi connectivity index (χ1n) is 6.26. The van der Waals surface area contributed by atoms with Crippen LogP contribution in [0.3, 0.4) is 0 Å². The van der Waals surface area contributed by atoms with Crippen LogP contribution >= 0.6 is 0 Å². The molecule has 2 amide bonds. The smallest absolute Gasteiger partial charge is 0.317 e. The van der Waals surface area contributed by atoms with Gasteiger partial charge in [-0.15, -0.1) is 0 Å². The predicted octanol–water partition coefficient (Wildman–Crippen LogP) is 1.51. The maximum atomic E-state index is 11.9. The molecule has 0 radical (unpaired) electrons. The molecule has 1 aromatic heterocycles. The molecular weight excluding hydrogens is 216 g/mol. The number of nitrogens with one attached hydrogen (secondary N) is 1. The zero-order valence-electron chi connectivity index (χ0n) is 10.4. The quantitative estimate of drug-likeness (QED) is 0.846. The lowest BCUT2D eigenvalue weighted by atomic mass is 10.2. The summed E-state index contributed by atoms with van der Waals surface area (Å²) in [4.78, 5) is 13.8. The summed E-state index contributed by atoms with van der Waals surface area (Å²) >= 11 is 0. The Labute approximate surface area is 102 Å².